The van der Waals surface area contributed by atoms with Crippen LogP contribution < -0.4 is 0 Å². The second-order valence-corrected chi connectivity index (χ2v) is 11.1. The molecule has 2 amide bonds. The second-order valence-electron chi connectivity index (χ2n) is 11.1. The Kier molecular flexibility index (Phi) is 9.75. The van der Waals surface area contributed by atoms with Crippen molar-refractivity contribution in [3.63, 3.8) is 0 Å². The Balaban J connectivity index is 1.31. The molecule has 2 aliphatic heterocycles. The normalized spacial score (nSPS) is 22.9. The first-order valence-electron chi connectivity index (χ1n) is 14.9. The first-order valence-corrected chi connectivity index (χ1v) is 14.9. The molecule has 0 radical (unpaired) electrons. The lowest BCUT2D eigenvalue weighted by molar-refractivity contribution is -0.293. The van der Waals surface area contributed by atoms with Crippen LogP contribution in [-0.4, -0.2) is 64.2 Å². The largest absolute Gasteiger partial charge is 0.392 e. The van der Waals surface area contributed by atoms with Crippen LogP contribution in [0, 0.1) is 0 Å². The third kappa shape index (κ3) is 6.89. The number of benzene rings is 4. The van der Waals surface area contributed by atoms with E-state index in [1.165, 1.54) is 0 Å². The summed E-state index contributed by atoms with van der Waals surface area (Å²) >= 11 is 0. The number of hydrogen-bond acceptors (Lipinski definition) is 8. The molecule has 1 fully saturated rings. The Morgan fingerprint density at radius 3 is 1.76 bits per heavy atom. The van der Waals surface area contributed by atoms with Crippen molar-refractivity contribution in [2.45, 2.75) is 57.1 Å². The van der Waals surface area contributed by atoms with Crippen LogP contribution in [-0.2, 0) is 45.4 Å². The van der Waals surface area contributed by atoms with Crippen LogP contribution in [0.5, 0.6) is 0 Å². The quantitative estimate of drug-likeness (QED) is 0.229. The van der Waals surface area contributed by atoms with E-state index in [4.69, 9.17) is 18.9 Å². The van der Waals surface area contributed by atoms with Gasteiger partial charge in [-0.05, 0) is 34.4 Å². The van der Waals surface area contributed by atoms with Crippen LogP contribution >= 0.6 is 0 Å². The van der Waals surface area contributed by atoms with Crippen molar-refractivity contribution in [2.75, 3.05) is 6.61 Å². The summed E-state index contributed by atoms with van der Waals surface area (Å²) in [6, 6.07) is 31.8. The van der Waals surface area contributed by atoms with Crippen molar-refractivity contribution < 1.29 is 38.7 Å². The third-order valence-corrected chi connectivity index (χ3v) is 8.06. The minimum atomic E-state index is -1.26. The van der Waals surface area contributed by atoms with E-state index in [1.54, 1.807) is 36.4 Å². The molecular weight excluding hydrogens is 574 g/mol. The number of nitrogens with zero attached hydrogens (tertiary/aromatic N) is 1. The smallest absolute Gasteiger partial charge is 0.262 e. The number of fused-ring (bicyclic) bond motifs is 1. The molecule has 9 heteroatoms. The molecule has 6 rings (SSSR count). The van der Waals surface area contributed by atoms with Gasteiger partial charge in [-0.2, -0.15) is 0 Å². The molecule has 0 unspecified atom stereocenters. The van der Waals surface area contributed by atoms with Crippen LogP contribution in [0.4, 0.5) is 0 Å². The number of aliphatic hydroxyl groups excluding tert-OH is 2. The molecule has 4 aromatic carbocycles. The van der Waals surface area contributed by atoms with Gasteiger partial charge in [0.25, 0.3) is 11.8 Å². The zero-order chi connectivity index (χ0) is 31.2. The molecule has 2 N–H and O–H groups in total. The number of ether oxygens (including phenoxy) is 4. The standard InChI is InChI=1S/C36H35NO8/c38-19-24-15-17-27(18-16-24)22-44-36-31(37-34(40)28-13-7-8-14-29(28)35(37)41)33(43-21-26-11-5-2-6-12-26)32(39)30(45-36)23-42-20-25-9-3-1-4-10-25/h1-18,30-33,36,38-39H,19-23H2/t30-,31-,32-,33-,36-/m1/s1. The number of rotatable bonds is 12. The molecule has 1 saturated heterocycles. The van der Waals surface area contributed by atoms with E-state index in [9.17, 15) is 19.8 Å². The van der Waals surface area contributed by atoms with Gasteiger partial charge in [-0.15, -0.1) is 0 Å². The molecule has 9 nitrogen and oxygen atoms in total. The highest BCUT2D eigenvalue weighted by molar-refractivity contribution is 6.21. The molecule has 0 bridgehead atoms. The topological polar surface area (TPSA) is 115 Å². The minimum absolute atomic E-state index is 0.0150. The predicted molar refractivity (Wildman–Crippen MR) is 164 cm³/mol. The molecular formula is C36H35NO8. The van der Waals surface area contributed by atoms with E-state index in [0.29, 0.717) is 6.61 Å². The summed E-state index contributed by atoms with van der Waals surface area (Å²) in [5, 5.41) is 21.2. The van der Waals surface area contributed by atoms with Gasteiger partial charge < -0.3 is 29.2 Å². The molecule has 4 aromatic rings. The zero-order valence-electron chi connectivity index (χ0n) is 24.6. The lowest BCUT2D eigenvalue weighted by Gasteiger charge is -2.46. The van der Waals surface area contributed by atoms with E-state index in [-0.39, 0.29) is 37.6 Å². The fraction of sp³-hybridized carbons (Fsp3) is 0.278. The van der Waals surface area contributed by atoms with Crippen molar-refractivity contribution in [3.8, 4) is 0 Å². The van der Waals surface area contributed by atoms with E-state index >= 15 is 0 Å². The molecule has 232 valence electrons. The molecule has 5 atom stereocenters. The van der Waals surface area contributed by atoms with Crippen LogP contribution in [0.1, 0.15) is 43.0 Å². The van der Waals surface area contributed by atoms with Crippen molar-refractivity contribution in [1.82, 2.24) is 4.90 Å². The Bertz CT molecular complexity index is 1540. The maximum atomic E-state index is 13.7. The molecule has 0 aromatic heterocycles. The lowest BCUT2D eigenvalue weighted by atomic mass is 9.95. The van der Waals surface area contributed by atoms with Gasteiger partial charge in [0, 0.05) is 0 Å². The summed E-state index contributed by atoms with van der Waals surface area (Å²) in [5.41, 5.74) is 3.90. The van der Waals surface area contributed by atoms with E-state index in [2.05, 4.69) is 0 Å². The van der Waals surface area contributed by atoms with Crippen LogP contribution in [0.15, 0.2) is 109 Å². The fourth-order valence-corrected chi connectivity index (χ4v) is 5.68. The highest BCUT2D eigenvalue weighted by Gasteiger charge is 2.54. The van der Waals surface area contributed by atoms with Crippen LogP contribution in [0.3, 0.4) is 0 Å². The average Bonchev–Trinajstić information content (AvgIpc) is 3.34. The monoisotopic (exact) mass is 609 g/mol. The minimum Gasteiger partial charge on any atom is -0.392 e. The molecule has 2 aliphatic rings. The SMILES string of the molecule is O=C1c2ccccc2C(=O)N1[C@H]1[C@H](OCc2ccc(CO)cc2)O[C@H](COCc2ccccc2)[C@@H](O)[C@@H]1OCc1ccccc1. The number of imide groups is 1. The van der Waals surface area contributed by atoms with Crippen LogP contribution in [0.2, 0.25) is 0 Å². The predicted octanol–water partition coefficient (Wildman–Crippen LogP) is 4.25. The van der Waals surface area contributed by atoms with Gasteiger partial charge in [0.1, 0.15) is 24.4 Å². The van der Waals surface area contributed by atoms with Gasteiger partial charge >= 0.3 is 0 Å². The first-order chi connectivity index (χ1) is 22.0. The molecule has 45 heavy (non-hydrogen) atoms. The first kappa shape index (κ1) is 30.8. The molecule has 0 aliphatic carbocycles. The third-order valence-electron chi connectivity index (χ3n) is 8.06. The number of amides is 2. The second kappa shape index (κ2) is 14.3. The summed E-state index contributed by atoms with van der Waals surface area (Å²) < 4.78 is 25.0. The summed E-state index contributed by atoms with van der Waals surface area (Å²) in [6.45, 7) is 0.427. The van der Waals surface area contributed by atoms with Crippen molar-refractivity contribution in [2.24, 2.45) is 0 Å². The van der Waals surface area contributed by atoms with Crippen molar-refractivity contribution in [1.29, 1.82) is 0 Å². The highest BCUT2D eigenvalue weighted by Crippen LogP contribution is 2.35. The highest BCUT2D eigenvalue weighted by atomic mass is 16.7. The Labute approximate surface area is 261 Å². The summed E-state index contributed by atoms with van der Waals surface area (Å²) in [5.74, 6) is -1.02. The number of hydrogen-bond donors (Lipinski definition) is 2. The number of carbonyl (C=O) groups is 2. The van der Waals surface area contributed by atoms with E-state index in [1.807, 2.05) is 72.8 Å². The van der Waals surface area contributed by atoms with Gasteiger partial charge in [-0.25, -0.2) is 0 Å². The summed E-state index contributed by atoms with van der Waals surface area (Å²) in [7, 11) is 0. The molecule has 0 saturated carbocycles. The van der Waals surface area contributed by atoms with E-state index in [0.717, 1.165) is 27.2 Å². The molecule has 0 spiro atoms. The van der Waals surface area contributed by atoms with Gasteiger partial charge in [0.15, 0.2) is 6.29 Å². The van der Waals surface area contributed by atoms with Crippen molar-refractivity contribution >= 4 is 11.8 Å². The van der Waals surface area contributed by atoms with Crippen LogP contribution in [0.25, 0.3) is 0 Å². The average molecular weight is 610 g/mol. The number of carbonyl (C=O) groups excluding carboxylic acids is 2. The molecule has 2 heterocycles. The zero-order valence-corrected chi connectivity index (χ0v) is 24.6. The maximum Gasteiger partial charge on any atom is 0.262 e. The van der Waals surface area contributed by atoms with Gasteiger partial charge in [0.2, 0.25) is 0 Å². The van der Waals surface area contributed by atoms with Gasteiger partial charge in [0.05, 0.1) is 44.2 Å². The lowest BCUT2D eigenvalue weighted by Crippen LogP contribution is -2.66. The maximum absolute atomic E-state index is 13.7. The van der Waals surface area contributed by atoms with Crippen molar-refractivity contribution in [3.05, 3.63) is 143 Å². The summed E-state index contributed by atoms with van der Waals surface area (Å²) in [6.07, 6.45) is -4.36. The summed E-state index contributed by atoms with van der Waals surface area (Å²) in [4.78, 5) is 28.6. The van der Waals surface area contributed by atoms with Gasteiger partial charge in [-0.3, -0.25) is 14.5 Å². The Hall–Kier alpha value is -4.22. The fourth-order valence-electron chi connectivity index (χ4n) is 5.68. The Morgan fingerprint density at radius 1 is 0.644 bits per heavy atom. The number of aliphatic hydroxyl groups is 2. The van der Waals surface area contributed by atoms with E-state index < -0.39 is 42.5 Å². The van der Waals surface area contributed by atoms with Gasteiger partial charge in [-0.1, -0.05) is 97.1 Å². The Morgan fingerprint density at radius 2 is 1.16 bits per heavy atom.